The van der Waals surface area contributed by atoms with Gasteiger partial charge in [-0.1, -0.05) is 19.0 Å². The number of hydrogen-bond acceptors (Lipinski definition) is 4. The van der Waals surface area contributed by atoms with Gasteiger partial charge in [-0.2, -0.15) is 0 Å². The van der Waals surface area contributed by atoms with E-state index in [1.807, 2.05) is 6.07 Å². The Morgan fingerprint density at radius 1 is 1.61 bits per heavy atom. The minimum atomic E-state index is -0.0111. The molecule has 5 nitrogen and oxygen atoms in total. The van der Waals surface area contributed by atoms with Crippen LogP contribution in [0.2, 0.25) is 0 Å². The van der Waals surface area contributed by atoms with Crippen LogP contribution >= 0.6 is 0 Å². The van der Waals surface area contributed by atoms with E-state index in [0.29, 0.717) is 31.4 Å². The van der Waals surface area contributed by atoms with Crippen LogP contribution in [0.3, 0.4) is 0 Å². The number of carbonyl (C=O) groups is 1. The van der Waals surface area contributed by atoms with E-state index in [-0.39, 0.29) is 11.8 Å². The highest BCUT2D eigenvalue weighted by Gasteiger charge is 2.23. The van der Waals surface area contributed by atoms with E-state index in [9.17, 15) is 4.79 Å². The highest BCUT2D eigenvalue weighted by atomic mass is 16.5. The first kappa shape index (κ1) is 13.1. The predicted molar refractivity (Wildman–Crippen MR) is 65.8 cm³/mol. The molecular formula is C13H20N2O3. The van der Waals surface area contributed by atoms with Crippen LogP contribution in [-0.4, -0.2) is 24.3 Å². The molecule has 0 aliphatic carbocycles. The molecule has 1 amide bonds. The number of carbonyl (C=O) groups excluding carboxylic acids is 1. The summed E-state index contributed by atoms with van der Waals surface area (Å²) in [6.07, 6.45) is 1.70. The third-order valence-electron chi connectivity index (χ3n) is 2.96. The summed E-state index contributed by atoms with van der Waals surface area (Å²) in [6.45, 7) is 5.88. The molecule has 1 saturated heterocycles. The maximum Gasteiger partial charge on any atom is 0.225 e. The second-order valence-electron chi connectivity index (χ2n) is 5.16. The molecule has 1 fully saturated rings. The molecule has 1 N–H and O–H groups in total. The molecule has 5 heteroatoms. The summed E-state index contributed by atoms with van der Waals surface area (Å²) in [7, 11) is 0. The average Bonchev–Trinajstić information content (AvgIpc) is 2.95. The minimum Gasteiger partial charge on any atom is -0.381 e. The molecular weight excluding hydrogens is 232 g/mol. The number of hydrogen-bond donors (Lipinski definition) is 1. The first-order valence-corrected chi connectivity index (χ1v) is 6.45. The van der Waals surface area contributed by atoms with Gasteiger partial charge in [0.25, 0.3) is 0 Å². The van der Waals surface area contributed by atoms with Crippen LogP contribution in [0, 0.1) is 11.8 Å². The monoisotopic (exact) mass is 252 g/mol. The highest BCUT2D eigenvalue weighted by molar-refractivity contribution is 5.78. The summed E-state index contributed by atoms with van der Waals surface area (Å²) in [5, 5.41) is 6.84. The number of nitrogens with one attached hydrogen (secondary N) is 1. The molecule has 1 atom stereocenters. The summed E-state index contributed by atoms with van der Waals surface area (Å²) in [5.41, 5.74) is 0.943. The van der Waals surface area contributed by atoms with E-state index < -0.39 is 0 Å². The fraction of sp³-hybridized carbons (Fsp3) is 0.692. The van der Waals surface area contributed by atoms with Crippen LogP contribution in [0.1, 0.15) is 31.7 Å². The highest BCUT2D eigenvalue weighted by Crippen LogP contribution is 2.13. The van der Waals surface area contributed by atoms with Crippen molar-refractivity contribution in [2.45, 2.75) is 33.2 Å². The molecule has 1 unspecified atom stereocenters. The van der Waals surface area contributed by atoms with Crippen molar-refractivity contribution in [1.82, 2.24) is 10.5 Å². The van der Waals surface area contributed by atoms with Crippen LogP contribution in [-0.2, 0) is 22.5 Å². The smallest absolute Gasteiger partial charge is 0.225 e. The van der Waals surface area contributed by atoms with Gasteiger partial charge >= 0.3 is 0 Å². The Morgan fingerprint density at radius 3 is 3.11 bits per heavy atom. The van der Waals surface area contributed by atoms with Gasteiger partial charge in [0.1, 0.15) is 0 Å². The van der Waals surface area contributed by atoms with Gasteiger partial charge in [0, 0.05) is 12.7 Å². The second-order valence-corrected chi connectivity index (χ2v) is 5.16. The first-order chi connectivity index (χ1) is 8.65. The maximum atomic E-state index is 11.8. The van der Waals surface area contributed by atoms with Gasteiger partial charge in [0.05, 0.1) is 24.8 Å². The lowest BCUT2D eigenvalue weighted by Gasteiger charge is -2.06. The maximum absolute atomic E-state index is 11.8. The van der Waals surface area contributed by atoms with Crippen molar-refractivity contribution >= 4 is 5.91 Å². The van der Waals surface area contributed by atoms with Crippen molar-refractivity contribution in [2.24, 2.45) is 11.8 Å². The molecule has 0 spiro atoms. The molecule has 0 saturated carbocycles. The van der Waals surface area contributed by atoms with Gasteiger partial charge in [-0.15, -0.1) is 0 Å². The number of rotatable bonds is 5. The van der Waals surface area contributed by atoms with Crippen molar-refractivity contribution in [3.05, 3.63) is 17.5 Å². The Bertz CT molecular complexity index is 395. The van der Waals surface area contributed by atoms with Gasteiger partial charge in [-0.3, -0.25) is 4.79 Å². The van der Waals surface area contributed by atoms with Crippen molar-refractivity contribution < 1.29 is 14.1 Å². The Kier molecular flexibility index (Phi) is 4.36. The zero-order valence-corrected chi connectivity index (χ0v) is 10.9. The standard InChI is InChI=1S/C13H20N2O3/c1-9(2)5-11-6-12(18-15-11)7-14-13(16)10-3-4-17-8-10/h6,9-10H,3-5,7-8H2,1-2H3,(H,14,16). The topological polar surface area (TPSA) is 64.4 Å². The predicted octanol–water partition coefficient (Wildman–Crippen LogP) is 1.53. The van der Waals surface area contributed by atoms with Gasteiger partial charge < -0.3 is 14.6 Å². The van der Waals surface area contributed by atoms with Gasteiger partial charge in [0.2, 0.25) is 5.91 Å². The quantitative estimate of drug-likeness (QED) is 0.863. The van der Waals surface area contributed by atoms with Crippen molar-refractivity contribution in [1.29, 1.82) is 0 Å². The zero-order chi connectivity index (χ0) is 13.0. The summed E-state index contributed by atoms with van der Waals surface area (Å²) < 4.78 is 10.4. The van der Waals surface area contributed by atoms with Gasteiger partial charge in [-0.25, -0.2) is 0 Å². The molecule has 0 aromatic carbocycles. The molecule has 2 heterocycles. The molecule has 18 heavy (non-hydrogen) atoms. The fourth-order valence-corrected chi connectivity index (χ4v) is 2.01. The van der Waals surface area contributed by atoms with Gasteiger partial charge in [0.15, 0.2) is 5.76 Å². The lowest BCUT2D eigenvalue weighted by atomic mass is 10.1. The van der Waals surface area contributed by atoms with Crippen LogP contribution in [0.25, 0.3) is 0 Å². The van der Waals surface area contributed by atoms with Crippen LogP contribution < -0.4 is 5.32 Å². The molecule has 2 rings (SSSR count). The number of aromatic nitrogens is 1. The Balaban J connectivity index is 1.79. The Labute approximate surface area is 107 Å². The zero-order valence-electron chi connectivity index (χ0n) is 10.9. The molecule has 0 bridgehead atoms. The van der Waals surface area contributed by atoms with E-state index in [4.69, 9.17) is 9.26 Å². The second kappa shape index (κ2) is 6.00. The summed E-state index contributed by atoms with van der Waals surface area (Å²) >= 11 is 0. The number of amides is 1. The molecule has 1 aromatic rings. The third-order valence-corrected chi connectivity index (χ3v) is 2.96. The largest absolute Gasteiger partial charge is 0.381 e. The van der Waals surface area contributed by atoms with Gasteiger partial charge in [-0.05, 0) is 18.8 Å². The van der Waals surface area contributed by atoms with Crippen LogP contribution in [0.15, 0.2) is 10.6 Å². The van der Waals surface area contributed by atoms with Crippen LogP contribution in [0.4, 0.5) is 0 Å². The molecule has 100 valence electrons. The minimum absolute atomic E-state index is 0.0111. The number of nitrogens with zero attached hydrogens (tertiary/aromatic N) is 1. The molecule has 1 aliphatic heterocycles. The SMILES string of the molecule is CC(C)Cc1cc(CNC(=O)C2CCOC2)on1. The van der Waals surface area contributed by atoms with Crippen molar-refractivity contribution in [2.75, 3.05) is 13.2 Å². The van der Waals surface area contributed by atoms with Crippen molar-refractivity contribution in [3.63, 3.8) is 0 Å². The third kappa shape index (κ3) is 3.57. The lowest BCUT2D eigenvalue weighted by molar-refractivity contribution is -0.125. The average molecular weight is 252 g/mol. The Morgan fingerprint density at radius 2 is 2.44 bits per heavy atom. The van der Waals surface area contributed by atoms with Crippen LogP contribution in [0.5, 0.6) is 0 Å². The summed E-state index contributed by atoms with van der Waals surface area (Å²) in [5.74, 6) is 1.28. The molecule has 0 radical (unpaired) electrons. The van der Waals surface area contributed by atoms with Crippen molar-refractivity contribution in [3.8, 4) is 0 Å². The van der Waals surface area contributed by atoms with E-state index >= 15 is 0 Å². The number of ether oxygens (including phenoxy) is 1. The van der Waals surface area contributed by atoms with E-state index in [2.05, 4.69) is 24.3 Å². The lowest BCUT2D eigenvalue weighted by Crippen LogP contribution is -2.30. The summed E-state index contributed by atoms with van der Waals surface area (Å²) in [6, 6.07) is 1.91. The van der Waals surface area contributed by atoms with E-state index in [1.54, 1.807) is 0 Å². The van der Waals surface area contributed by atoms with E-state index in [1.165, 1.54) is 0 Å². The summed E-state index contributed by atoms with van der Waals surface area (Å²) in [4.78, 5) is 11.8. The Hall–Kier alpha value is -1.36. The molecule has 1 aromatic heterocycles. The fourth-order valence-electron chi connectivity index (χ4n) is 2.01. The molecule has 1 aliphatic rings. The first-order valence-electron chi connectivity index (χ1n) is 6.45. The van der Waals surface area contributed by atoms with E-state index in [0.717, 1.165) is 18.5 Å². The normalized spacial score (nSPS) is 19.4.